The topological polar surface area (TPSA) is 156 Å². The lowest BCUT2D eigenvalue weighted by atomic mass is 9.96. The molecular weight excluding hydrogens is 558 g/mol. The fourth-order valence-electron chi connectivity index (χ4n) is 5.29. The Morgan fingerprint density at radius 2 is 1.64 bits per heavy atom. The third-order valence-electron chi connectivity index (χ3n) is 7.56. The van der Waals surface area contributed by atoms with Gasteiger partial charge in [-0.25, -0.2) is 8.42 Å². The summed E-state index contributed by atoms with van der Waals surface area (Å²) in [5.74, 6) is 0.668. The van der Waals surface area contributed by atoms with Crippen molar-refractivity contribution in [2.45, 2.75) is 77.6 Å². The van der Waals surface area contributed by atoms with E-state index in [-0.39, 0.29) is 11.3 Å². The van der Waals surface area contributed by atoms with Gasteiger partial charge in [-0.3, -0.25) is 0 Å². The number of nitrogens with one attached hydrogen (secondary N) is 1. The molecule has 3 aromatic rings. The number of benzene rings is 2. The Bertz CT molecular complexity index is 1570. The van der Waals surface area contributed by atoms with Crippen LogP contribution in [-0.4, -0.2) is 67.5 Å². The number of aliphatic hydroxyl groups is 3. The van der Waals surface area contributed by atoms with Crippen molar-refractivity contribution in [3.63, 3.8) is 0 Å². The number of aliphatic hydroxyl groups excluding tert-OH is 3. The zero-order valence-corrected chi connectivity index (χ0v) is 25.1. The van der Waals surface area contributed by atoms with Crippen LogP contribution < -0.4 is 9.62 Å². The highest BCUT2D eigenvalue weighted by molar-refractivity contribution is 7.93. The van der Waals surface area contributed by atoms with Crippen LogP contribution in [0.25, 0.3) is 27.7 Å². The van der Waals surface area contributed by atoms with Crippen molar-refractivity contribution < 1.29 is 32.9 Å². The van der Waals surface area contributed by atoms with Gasteiger partial charge in [0, 0.05) is 29.9 Å². The maximum absolute atomic E-state index is 13.2. The molecule has 0 saturated carbocycles. The van der Waals surface area contributed by atoms with Gasteiger partial charge < -0.3 is 29.4 Å². The van der Waals surface area contributed by atoms with Crippen molar-refractivity contribution in [1.82, 2.24) is 4.72 Å². The molecule has 4 rings (SSSR count). The zero-order valence-electron chi connectivity index (χ0n) is 24.3. The molecule has 1 aliphatic heterocycles. The summed E-state index contributed by atoms with van der Waals surface area (Å²) in [4.78, 5) is 1.73. The van der Waals surface area contributed by atoms with Gasteiger partial charge >= 0.3 is 0 Å². The summed E-state index contributed by atoms with van der Waals surface area (Å²) in [5.41, 5.74) is 2.01. The van der Waals surface area contributed by atoms with Crippen molar-refractivity contribution in [1.29, 1.82) is 5.26 Å². The quantitative estimate of drug-likeness (QED) is 0.239. The molecule has 1 fully saturated rings. The van der Waals surface area contributed by atoms with Gasteiger partial charge in [0.1, 0.15) is 35.8 Å². The van der Waals surface area contributed by atoms with Crippen molar-refractivity contribution in [3.05, 3.63) is 59.2 Å². The lowest BCUT2D eigenvalue weighted by Crippen LogP contribution is -2.63. The molecule has 5 atom stereocenters. The number of fused-ring (bicyclic) bond motifs is 1. The largest absolute Gasteiger partial charge is 0.456 e. The first kappa shape index (κ1) is 31.7. The Balaban J connectivity index is 1.59. The van der Waals surface area contributed by atoms with E-state index >= 15 is 0 Å². The highest BCUT2D eigenvalue weighted by Crippen LogP contribution is 2.32. The van der Waals surface area contributed by atoms with Crippen LogP contribution >= 0.6 is 0 Å². The molecule has 1 aromatic heterocycles. The molecule has 1 saturated heterocycles. The average molecular weight is 598 g/mol. The normalized spacial score (nSPS) is 23.4. The van der Waals surface area contributed by atoms with Crippen LogP contribution in [0.4, 0.5) is 5.69 Å². The Kier molecular flexibility index (Phi) is 10.1. The Labute approximate surface area is 246 Å². The molecule has 0 aliphatic carbocycles. The molecular formula is C31H39N3O7S. The number of ether oxygens (including phenoxy) is 1. The number of anilines is 1. The van der Waals surface area contributed by atoms with E-state index in [0.29, 0.717) is 12.2 Å². The van der Waals surface area contributed by atoms with Gasteiger partial charge in [-0.1, -0.05) is 39.0 Å². The van der Waals surface area contributed by atoms with Gasteiger partial charge in [-0.15, -0.1) is 0 Å². The predicted molar refractivity (Wildman–Crippen MR) is 162 cm³/mol. The third kappa shape index (κ3) is 6.54. The van der Waals surface area contributed by atoms with Crippen LogP contribution in [0.3, 0.4) is 0 Å². The maximum atomic E-state index is 13.2. The first-order valence-corrected chi connectivity index (χ1v) is 15.7. The van der Waals surface area contributed by atoms with E-state index in [9.17, 15) is 29.0 Å². The van der Waals surface area contributed by atoms with Gasteiger partial charge in [0.05, 0.1) is 6.10 Å². The van der Waals surface area contributed by atoms with E-state index in [0.717, 1.165) is 42.3 Å². The van der Waals surface area contributed by atoms with E-state index < -0.39 is 45.6 Å². The van der Waals surface area contributed by atoms with E-state index in [1.54, 1.807) is 25.1 Å². The summed E-state index contributed by atoms with van der Waals surface area (Å²) in [6.07, 6.45) is -3.21. The van der Waals surface area contributed by atoms with E-state index in [2.05, 4.69) is 41.7 Å². The number of nitriles is 1. The molecule has 2 unspecified atom stereocenters. The highest BCUT2D eigenvalue weighted by atomic mass is 32.2. The molecule has 1 aliphatic rings. The fourth-order valence-corrected chi connectivity index (χ4v) is 6.65. The Hall–Kier alpha value is -3.24. The van der Waals surface area contributed by atoms with E-state index in [1.807, 2.05) is 18.2 Å². The molecule has 4 N–H and O–H groups in total. The molecule has 0 amide bonds. The molecule has 226 valence electrons. The van der Waals surface area contributed by atoms with E-state index in [4.69, 9.17) is 9.15 Å². The molecule has 2 heterocycles. The van der Waals surface area contributed by atoms with Gasteiger partial charge in [0.15, 0.2) is 11.2 Å². The van der Waals surface area contributed by atoms with Gasteiger partial charge in [-0.2, -0.15) is 9.98 Å². The number of allylic oxidation sites excluding steroid dienone is 2. The van der Waals surface area contributed by atoms with Crippen molar-refractivity contribution in [2.24, 2.45) is 0 Å². The van der Waals surface area contributed by atoms with Gasteiger partial charge in [0.2, 0.25) is 0 Å². The summed E-state index contributed by atoms with van der Waals surface area (Å²) in [6.45, 7) is 9.45. The predicted octanol–water partition coefficient (Wildman–Crippen LogP) is 4.12. The monoisotopic (exact) mass is 597 g/mol. The van der Waals surface area contributed by atoms with Crippen molar-refractivity contribution in [2.75, 3.05) is 18.0 Å². The lowest BCUT2D eigenvalue weighted by Gasteiger charge is -2.40. The summed E-state index contributed by atoms with van der Waals surface area (Å²) in [6, 6.07) is 15.7. The number of nitrogens with zero attached hydrogens (tertiary/aromatic N) is 2. The first-order valence-electron chi connectivity index (χ1n) is 14.3. The maximum Gasteiger partial charge on any atom is 0.251 e. The number of sulfonamides is 1. The minimum Gasteiger partial charge on any atom is -0.456 e. The summed E-state index contributed by atoms with van der Waals surface area (Å²) in [7, 11) is -4.54. The second-order valence-electron chi connectivity index (χ2n) is 10.6. The second kappa shape index (κ2) is 13.4. The van der Waals surface area contributed by atoms with Gasteiger partial charge in [0.25, 0.3) is 10.0 Å². The summed E-state index contributed by atoms with van der Waals surface area (Å²) < 4.78 is 39.7. The molecule has 0 spiro atoms. The van der Waals surface area contributed by atoms with E-state index in [1.165, 1.54) is 12.6 Å². The standard InChI is InChI=1S/C31H39N3O7S/c1-5-14-34(15-6-2)23-11-10-20-16-22(9-8-21(20)17-23)26-13-12-25(40-26)19(4)27(18-32)42(38,39)33-28-30(36)29(35)24(7-3)41-31(28)37/h8-13,16-17,24,28-31,33,35-37H,5-7,14-15H2,1-4H3/b27-19+/t24-,28?,29-,30-,31?/m1/s1. The number of hydrogen-bond acceptors (Lipinski definition) is 9. The van der Waals surface area contributed by atoms with Gasteiger partial charge in [-0.05, 0) is 67.3 Å². The highest BCUT2D eigenvalue weighted by Gasteiger charge is 2.45. The Morgan fingerprint density at radius 3 is 2.29 bits per heavy atom. The fraction of sp³-hybridized carbons (Fsp3) is 0.452. The van der Waals surface area contributed by atoms with Crippen molar-refractivity contribution >= 4 is 32.1 Å². The minimum atomic E-state index is -4.54. The average Bonchev–Trinajstić information content (AvgIpc) is 3.47. The first-order chi connectivity index (χ1) is 20.0. The Morgan fingerprint density at radius 1 is 0.976 bits per heavy atom. The van der Waals surface area contributed by atoms with Crippen molar-refractivity contribution in [3.8, 4) is 17.4 Å². The summed E-state index contributed by atoms with van der Waals surface area (Å²) >= 11 is 0. The lowest BCUT2D eigenvalue weighted by molar-refractivity contribution is -0.244. The molecule has 42 heavy (non-hydrogen) atoms. The SMILES string of the molecule is CCCN(CCC)c1ccc2cc(-c3ccc(/C(C)=C(\C#N)S(=O)(=O)NC4C(O)O[C@H](CC)[C@@H](O)[C@@H]4O)o3)ccc2c1. The molecule has 11 heteroatoms. The minimum absolute atomic E-state index is 0.0429. The second-order valence-corrected chi connectivity index (χ2v) is 12.2. The van der Waals surface area contributed by atoms with Crippen LogP contribution in [0.15, 0.2) is 57.9 Å². The smallest absolute Gasteiger partial charge is 0.251 e. The van der Waals surface area contributed by atoms with Crippen LogP contribution in [0, 0.1) is 11.3 Å². The summed E-state index contributed by atoms with van der Waals surface area (Å²) in [5, 5.41) is 42.9. The third-order valence-corrected chi connectivity index (χ3v) is 9.08. The van der Waals surface area contributed by atoms with Crippen LogP contribution in [0.5, 0.6) is 0 Å². The molecule has 2 aromatic carbocycles. The van der Waals surface area contributed by atoms with Crippen LogP contribution in [-0.2, 0) is 14.8 Å². The molecule has 10 nitrogen and oxygen atoms in total. The molecule has 0 radical (unpaired) electrons. The molecule has 0 bridgehead atoms. The van der Waals surface area contributed by atoms with Crippen LogP contribution in [0.1, 0.15) is 52.7 Å². The number of furan rings is 1. The van der Waals surface area contributed by atoms with Crippen LogP contribution in [0.2, 0.25) is 0 Å². The zero-order chi connectivity index (χ0) is 30.6. The number of hydrogen-bond donors (Lipinski definition) is 4. The number of rotatable bonds is 11.